The molecule has 0 aliphatic heterocycles. The molecule has 4 heteroatoms. The van der Waals surface area contributed by atoms with E-state index in [0.717, 1.165) is 28.0 Å². The van der Waals surface area contributed by atoms with Crippen LogP contribution in [0.15, 0.2) is 28.9 Å². The number of nitrogens with zero attached hydrogens (tertiary/aromatic N) is 2. The minimum Gasteiger partial charge on any atom is -0.477 e. The number of rotatable bonds is 3. The first kappa shape index (κ1) is 10.0. The second kappa shape index (κ2) is 4.01. The lowest BCUT2D eigenvalue weighted by Gasteiger charge is -2.07. The zero-order chi connectivity index (χ0) is 11.0. The van der Waals surface area contributed by atoms with Crippen LogP contribution in [0.4, 0.5) is 0 Å². The van der Waals surface area contributed by atoms with Crippen LogP contribution in [0.3, 0.4) is 0 Å². The van der Waals surface area contributed by atoms with Gasteiger partial charge in [0, 0.05) is 6.20 Å². The highest BCUT2D eigenvalue weighted by atomic mass is 79.9. The molecule has 1 saturated carbocycles. The molecule has 0 atom stereocenters. The summed E-state index contributed by atoms with van der Waals surface area (Å²) < 4.78 is 6.56. The molecule has 0 radical (unpaired) electrons. The number of pyridine rings is 2. The van der Waals surface area contributed by atoms with Gasteiger partial charge in [-0.2, -0.15) is 0 Å². The minimum atomic E-state index is 0.674. The van der Waals surface area contributed by atoms with Gasteiger partial charge in [-0.15, -0.1) is 0 Å². The van der Waals surface area contributed by atoms with Crippen LogP contribution in [-0.4, -0.2) is 16.6 Å². The summed E-state index contributed by atoms with van der Waals surface area (Å²) in [5.74, 6) is 1.41. The first-order valence-electron chi connectivity index (χ1n) is 5.37. The lowest BCUT2D eigenvalue weighted by Crippen LogP contribution is -2.01. The highest BCUT2D eigenvalue weighted by molar-refractivity contribution is 9.10. The Bertz CT molecular complexity index is 525. The molecule has 0 unspecified atom stereocenters. The quantitative estimate of drug-likeness (QED) is 0.865. The number of fused-ring (bicyclic) bond motifs is 1. The zero-order valence-corrected chi connectivity index (χ0v) is 10.3. The topological polar surface area (TPSA) is 35.0 Å². The summed E-state index contributed by atoms with van der Waals surface area (Å²) in [5.41, 5.74) is 1.75. The third-order valence-corrected chi connectivity index (χ3v) is 3.23. The monoisotopic (exact) mass is 278 g/mol. The highest BCUT2D eigenvalue weighted by Crippen LogP contribution is 2.31. The molecule has 0 saturated heterocycles. The van der Waals surface area contributed by atoms with E-state index in [1.54, 1.807) is 6.20 Å². The van der Waals surface area contributed by atoms with Crippen LogP contribution in [0.25, 0.3) is 11.0 Å². The van der Waals surface area contributed by atoms with Gasteiger partial charge >= 0.3 is 0 Å². The van der Waals surface area contributed by atoms with Gasteiger partial charge < -0.3 is 4.74 Å². The molecule has 0 bridgehead atoms. The lowest BCUT2D eigenvalue weighted by molar-refractivity contribution is 0.287. The van der Waals surface area contributed by atoms with Crippen molar-refractivity contribution in [3.8, 4) is 5.88 Å². The molecule has 16 heavy (non-hydrogen) atoms. The van der Waals surface area contributed by atoms with Gasteiger partial charge in [0.2, 0.25) is 5.88 Å². The third-order valence-electron chi connectivity index (χ3n) is 2.66. The first-order chi connectivity index (χ1) is 7.83. The maximum absolute atomic E-state index is 5.68. The maximum Gasteiger partial charge on any atom is 0.228 e. The Hall–Kier alpha value is -1.16. The van der Waals surface area contributed by atoms with Gasteiger partial charge in [0.1, 0.15) is 0 Å². The van der Waals surface area contributed by atoms with E-state index in [-0.39, 0.29) is 0 Å². The standard InChI is InChI=1S/C12H11BrN2O/c13-9-6-11-10(2-1-5-14-11)15-12(9)16-7-8-3-4-8/h1-2,5-6,8H,3-4,7H2. The summed E-state index contributed by atoms with van der Waals surface area (Å²) in [5, 5.41) is 0. The van der Waals surface area contributed by atoms with Gasteiger partial charge in [0.25, 0.3) is 0 Å². The molecule has 2 heterocycles. The predicted octanol–water partition coefficient (Wildman–Crippen LogP) is 3.18. The largest absolute Gasteiger partial charge is 0.477 e. The Morgan fingerprint density at radius 3 is 3.06 bits per heavy atom. The van der Waals surface area contributed by atoms with Crippen LogP contribution in [0, 0.1) is 5.92 Å². The molecule has 1 aliphatic carbocycles. The van der Waals surface area contributed by atoms with Gasteiger partial charge in [-0.3, -0.25) is 4.98 Å². The lowest BCUT2D eigenvalue weighted by atomic mass is 10.3. The second-order valence-electron chi connectivity index (χ2n) is 4.07. The fraction of sp³-hybridized carbons (Fsp3) is 0.333. The van der Waals surface area contributed by atoms with Crippen LogP contribution in [0.5, 0.6) is 5.88 Å². The van der Waals surface area contributed by atoms with Crippen LogP contribution < -0.4 is 4.74 Å². The summed E-state index contributed by atoms with van der Waals surface area (Å²) in [7, 11) is 0. The molecule has 0 amide bonds. The van der Waals surface area contributed by atoms with Crippen molar-refractivity contribution < 1.29 is 4.74 Å². The van der Waals surface area contributed by atoms with Crippen molar-refractivity contribution in [3.63, 3.8) is 0 Å². The molecule has 0 N–H and O–H groups in total. The Kier molecular flexibility index (Phi) is 2.52. The molecule has 2 aromatic rings. The minimum absolute atomic E-state index is 0.674. The molecule has 1 fully saturated rings. The number of halogens is 1. The third kappa shape index (κ3) is 2.02. The van der Waals surface area contributed by atoms with Crippen LogP contribution in [-0.2, 0) is 0 Å². The van der Waals surface area contributed by atoms with Gasteiger partial charge in [-0.25, -0.2) is 4.98 Å². The van der Waals surface area contributed by atoms with E-state index in [2.05, 4.69) is 25.9 Å². The van der Waals surface area contributed by atoms with Crippen LogP contribution in [0.1, 0.15) is 12.8 Å². The maximum atomic E-state index is 5.68. The summed E-state index contributed by atoms with van der Waals surface area (Å²) in [6, 6.07) is 5.78. The summed E-state index contributed by atoms with van der Waals surface area (Å²) in [6.07, 6.45) is 4.33. The van der Waals surface area contributed by atoms with Gasteiger partial charge in [0.15, 0.2) is 0 Å². The van der Waals surface area contributed by atoms with Crippen LogP contribution in [0.2, 0.25) is 0 Å². The number of hydrogen-bond acceptors (Lipinski definition) is 3. The Morgan fingerprint density at radius 1 is 1.38 bits per heavy atom. The van der Waals surface area contributed by atoms with Crippen molar-refractivity contribution >= 4 is 27.0 Å². The van der Waals surface area contributed by atoms with Crippen LogP contribution >= 0.6 is 15.9 Å². The zero-order valence-electron chi connectivity index (χ0n) is 8.69. The van der Waals surface area contributed by atoms with E-state index < -0.39 is 0 Å². The fourth-order valence-corrected chi connectivity index (χ4v) is 1.96. The number of ether oxygens (including phenoxy) is 1. The van der Waals surface area contributed by atoms with E-state index in [0.29, 0.717) is 5.88 Å². The normalized spacial score (nSPS) is 15.3. The Balaban J connectivity index is 1.93. The average Bonchev–Trinajstić information content (AvgIpc) is 3.10. The Morgan fingerprint density at radius 2 is 2.25 bits per heavy atom. The molecule has 1 aliphatic rings. The molecular formula is C12H11BrN2O. The van der Waals surface area contributed by atoms with Gasteiger partial charge in [-0.05, 0) is 52.9 Å². The number of hydrogen-bond donors (Lipinski definition) is 0. The van der Waals surface area contributed by atoms with Crippen molar-refractivity contribution in [2.75, 3.05) is 6.61 Å². The number of aromatic nitrogens is 2. The molecule has 0 aromatic carbocycles. The van der Waals surface area contributed by atoms with E-state index >= 15 is 0 Å². The first-order valence-corrected chi connectivity index (χ1v) is 6.16. The van der Waals surface area contributed by atoms with E-state index in [9.17, 15) is 0 Å². The molecule has 2 aromatic heterocycles. The SMILES string of the molecule is Brc1cc2ncccc2nc1OCC1CC1. The summed E-state index contributed by atoms with van der Waals surface area (Å²) >= 11 is 3.46. The van der Waals surface area contributed by atoms with Crippen molar-refractivity contribution in [1.82, 2.24) is 9.97 Å². The Labute approximate surface area is 102 Å². The second-order valence-corrected chi connectivity index (χ2v) is 4.93. The summed E-state index contributed by atoms with van der Waals surface area (Å²) in [4.78, 5) is 8.69. The van der Waals surface area contributed by atoms with Crippen molar-refractivity contribution in [2.45, 2.75) is 12.8 Å². The van der Waals surface area contributed by atoms with E-state index in [4.69, 9.17) is 4.74 Å². The fourth-order valence-electron chi connectivity index (χ4n) is 1.54. The predicted molar refractivity (Wildman–Crippen MR) is 65.5 cm³/mol. The molecule has 82 valence electrons. The van der Waals surface area contributed by atoms with Crippen molar-refractivity contribution in [3.05, 3.63) is 28.9 Å². The van der Waals surface area contributed by atoms with Gasteiger partial charge in [0.05, 0.1) is 22.1 Å². The molecular weight excluding hydrogens is 268 g/mol. The van der Waals surface area contributed by atoms with E-state index in [1.165, 1.54) is 12.8 Å². The average molecular weight is 279 g/mol. The molecule has 3 rings (SSSR count). The molecule has 0 spiro atoms. The summed E-state index contributed by atoms with van der Waals surface area (Å²) in [6.45, 7) is 0.775. The highest BCUT2D eigenvalue weighted by Gasteiger charge is 2.22. The van der Waals surface area contributed by atoms with Crippen molar-refractivity contribution in [2.24, 2.45) is 5.92 Å². The van der Waals surface area contributed by atoms with E-state index in [1.807, 2.05) is 18.2 Å². The van der Waals surface area contributed by atoms with Gasteiger partial charge in [-0.1, -0.05) is 0 Å². The smallest absolute Gasteiger partial charge is 0.228 e. The molecule has 3 nitrogen and oxygen atoms in total. The van der Waals surface area contributed by atoms with Crippen molar-refractivity contribution in [1.29, 1.82) is 0 Å².